The molecule has 0 amide bonds. The molecule has 2 N–H and O–H groups in total. The molecule has 0 aliphatic heterocycles. The molecule has 190 valence electrons. The van der Waals surface area contributed by atoms with E-state index >= 15 is 0 Å². The van der Waals surface area contributed by atoms with Crippen LogP contribution in [0.4, 0.5) is 5.69 Å². The summed E-state index contributed by atoms with van der Waals surface area (Å²) < 4.78 is 0. The molecule has 1 aromatic carbocycles. The number of carboxylic acids is 1. The highest BCUT2D eigenvalue weighted by atomic mass is 16.6. The number of nitrogens with zero attached hydrogens (tertiary/aromatic N) is 3. The van der Waals surface area contributed by atoms with E-state index < -0.39 is 10.9 Å². The fraction of sp³-hybridized carbons (Fsp3) is 0.538. The number of rotatable bonds is 12. The summed E-state index contributed by atoms with van der Waals surface area (Å²) in [6, 6.07) is 12.9. The number of benzene rings is 1. The third-order valence-corrected chi connectivity index (χ3v) is 5.09. The molecule has 0 aliphatic rings. The molecule has 0 bridgehead atoms. The van der Waals surface area contributed by atoms with Crippen molar-refractivity contribution in [1.82, 2.24) is 15.2 Å². The van der Waals surface area contributed by atoms with Crippen LogP contribution in [0.5, 0.6) is 0 Å². The predicted molar refractivity (Wildman–Crippen MR) is 138 cm³/mol. The maximum Gasteiger partial charge on any atom is 0.317 e. The van der Waals surface area contributed by atoms with Crippen LogP contribution in [-0.4, -0.2) is 52.1 Å². The van der Waals surface area contributed by atoms with Crippen LogP contribution in [0.1, 0.15) is 71.0 Å². The van der Waals surface area contributed by atoms with Gasteiger partial charge in [-0.3, -0.25) is 24.8 Å². The Kier molecular flexibility index (Phi) is 17.0. The normalized spacial score (nSPS) is 11.0. The molecule has 2 rings (SSSR count). The zero-order valence-corrected chi connectivity index (χ0v) is 21.6. The summed E-state index contributed by atoms with van der Waals surface area (Å²) in [4.78, 5) is 27.4. The maximum absolute atomic E-state index is 10.7. The summed E-state index contributed by atoms with van der Waals surface area (Å²) in [7, 11) is 0. The van der Waals surface area contributed by atoms with Crippen molar-refractivity contribution in [2.75, 3.05) is 26.2 Å². The fourth-order valence-corrected chi connectivity index (χ4v) is 3.21. The molecule has 0 spiro atoms. The Morgan fingerprint density at radius 1 is 1.06 bits per heavy atom. The Hall–Kier alpha value is -2.84. The summed E-state index contributed by atoms with van der Waals surface area (Å²) >= 11 is 0. The molecule has 0 radical (unpaired) electrons. The van der Waals surface area contributed by atoms with Crippen molar-refractivity contribution in [1.29, 1.82) is 0 Å². The van der Waals surface area contributed by atoms with Crippen LogP contribution in [0, 0.1) is 10.1 Å². The van der Waals surface area contributed by atoms with Crippen molar-refractivity contribution < 1.29 is 14.8 Å². The lowest BCUT2D eigenvalue weighted by Gasteiger charge is -2.29. The molecule has 0 fully saturated rings. The predicted octanol–water partition coefficient (Wildman–Crippen LogP) is 5.27. The molecule has 0 aliphatic carbocycles. The first-order valence-electron chi connectivity index (χ1n) is 12.2. The second kappa shape index (κ2) is 18.6. The van der Waals surface area contributed by atoms with Crippen LogP contribution < -0.4 is 5.32 Å². The third-order valence-electron chi connectivity index (χ3n) is 5.09. The Bertz CT molecular complexity index is 809. The van der Waals surface area contributed by atoms with Gasteiger partial charge in [-0.25, -0.2) is 0 Å². The number of aromatic nitrogens is 1. The van der Waals surface area contributed by atoms with Gasteiger partial charge in [-0.2, -0.15) is 0 Å². The SMILES string of the molecule is CC.CCCN(CCNCC(=O)O)C(C)c1ccc([N+](=O)[O-])cc1.CCc1cccc(CC)n1. The van der Waals surface area contributed by atoms with Gasteiger partial charge in [-0.1, -0.05) is 52.8 Å². The molecule has 34 heavy (non-hydrogen) atoms. The zero-order valence-electron chi connectivity index (χ0n) is 21.6. The van der Waals surface area contributed by atoms with Gasteiger partial charge in [-0.05, 0) is 50.4 Å². The molecular formula is C26H42N4O4. The number of hydrogen-bond acceptors (Lipinski definition) is 6. The van der Waals surface area contributed by atoms with Crippen molar-refractivity contribution in [2.45, 2.75) is 66.8 Å². The van der Waals surface area contributed by atoms with Crippen molar-refractivity contribution in [3.05, 3.63) is 69.5 Å². The summed E-state index contributed by atoms with van der Waals surface area (Å²) in [6.07, 6.45) is 3.05. The molecule has 1 heterocycles. The van der Waals surface area contributed by atoms with Crippen LogP contribution in [0.25, 0.3) is 0 Å². The van der Waals surface area contributed by atoms with Crippen LogP contribution >= 0.6 is 0 Å². The summed E-state index contributed by atoms with van der Waals surface area (Å²) in [6.45, 7) is 14.5. The van der Waals surface area contributed by atoms with Crippen molar-refractivity contribution in [3.63, 3.8) is 0 Å². The van der Waals surface area contributed by atoms with Gasteiger partial charge in [0.1, 0.15) is 0 Å². The molecule has 1 aromatic heterocycles. The van der Waals surface area contributed by atoms with Crippen LogP contribution in [0.3, 0.4) is 0 Å². The van der Waals surface area contributed by atoms with Crippen LogP contribution in [0.15, 0.2) is 42.5 Å². The number of carbonyl (C=O) groups is 1. The Morgan fingerprint density at radius 3 is 2.06 bits per heavy atom. The molecule has 8 heteroatoms. The number of nitrogens with one attached hydrogen (secondary N) is 1. The molecule has 0 saturated heterocycles. The lowest BCUT2D eigenvalue weighted by Crippen LogP contribution is -2.36. The highest BCUT2D eigenvalue weighted by Crippen LogP contribution is 2.22. The van der Waals surface area contributed by atoms with Gasteiger partial charge in [0, 0.05) is 42.7 Å². The number of pyridine rings is 1. The number of nitro benzene ring substituents is 1. The van der Waals surface area contributed by atoms with Gasteiger partial charge in [-0.15, -0.1) is 0 Å². The monoisotopic (exact) mass is 474 g/mol. The third kappa shape index (κ3) is 12.4. The first kappa shape index (κ1) is 31.2. The number of aryl methyl sites for hydroxylation is 2. The minimum Gasteiger partial charge on any atom is -0.480 e. The standard InChI is InChI=1S/C15H23N3O4.C9H13N.C2H6/c1-3-9-17(10-8-16-11-15(19)20)12(2)13-4-6-14(7-5-13)18(21)22;1-3-8-6-5-7-9(4-2)10-8;1-2/h4-7,12,16H,3,8-11H2,1-2H3,(H,19,20);5-7H,3-4H2,1-2H3;1-2H3. The number of carboxylic acid groups (broad SMARTS) is 1. The molecule has 1 atom stereocenters. The first-order chi connectivity index (χ1) is 16.3. The fourth-order valence-electron chi connectivity index (χ4n) is 3.21. The minimum atomic E-state index is -0.870. The lowest BCUT2D eigenvalue weighted by atomic mass is 10.1. The average Bonchev–Trinajstić information content (AvgIpc) is 2.87. The zero-order chi connectivity index (χ0) is 25.9. The summed E-state index contributed by atoms with van der Waals surface area (Å²) in [5, 5.41) is 22.2. The van der Waals surface area contributed by atoms with Crippen LogP contribution in [0.2, 0.25) is 0 Å². The number of non-ortho nitro benzene ring substituents is 1. The van der Waals surface area contributed by atoms with E-state index in [1.807, 2.05) is 20.8 Å². The van der Waals surface area contributed by atoms with Crippen molar-refractivity contribution in [3.8, 4) is 0 Å². The van der Waals surface area contributed by atoms with E-state index in [9.17, 15) is 14.9 Å². The van der Waals surface area contributed by atoms with Gasteiger partial charge in [0.2, 0.25) is 0 Å². The van der Waals surface area contributed by atoms with E-state index in [2.05, 4.69) is 54.2 Å². The highest BCUT2D eigenvalue weighted by Gasteiger charge is 2.16. The van der Waals surface area contributed by atoms with E-state index in [1.165, 1.54) is 23.5 Å². The number of nitro groups is 1. The average molecular weight is 475 g/mol. The van der Waals surface area contributed by atoms with E-state index in [4.69, 9.17) is 5.11 Å². The molecule has 1 unspecified atom stereocenters. The van der Waals surface area contributed by atoms with Gasteiger partial charge in [0.25, 0.3) is 5.69 Å². The number of hydrogen-bond donors (Lipinski definition) is 2. The van der Waals surface area contributed by atoms with Crippen molar-refractivity contribution >= 4 is 11.7 Å². The molecule has 2 aromatic rings. The maximum atomic E-state index is 10.7. The largest absolute Gasteiger partial charge is 0.480 e. The lowest BCUT2D eigenvalue weighted by molar-refractivity contribution is -0.384. The second-order valence-corrected chi connectivity index (χ2v) is 7.46. The summed E-state index contributed by atoms with van der Waals surface area (Å²) in [5.74, 6) is -0.870. The molecule has 0 saturated carbocycles. The number of aliphatic carboxylic acids is 1. The Balaban J connectivity index is 0.000000753. The summed E-state index contributed by atoms with van der Waals surface area (Å²) in [5.41, 5.74) is 3.48. The first-order valence-corrected chi connectivity index (χ1v) is 12.2. The highest BCUT2D eigenvalue weighted by molar-refractivity contribution is 5.68. The quantitative estimate of drug-likeness (QED) is 0.245. The second-order valence-electron chi connectivity index (χ2n) is 7.46. The minimum absolute atomic E-state index is 0.0497. The van der Waals surface area contributed by atoms with E-state index in [-0.39, 0.29) is 18.3 Å². The van der Waals surface area contributed by atoms with Gasteiger partial charge < -0.3 is 10.4 Å². The van der Waals surface area contributed by atoms with Crippen LogP contribution in [-0.2, 0) is 17.6 Å². The van der Waals surface area contributed by atoms with E-state index in [0.717, 1.165) is 37.9 Å². The topological polar surface area (TPSA) is 109 Å². The van der Waals surface area contributed by atoms with Gasteiger partial charge in [0.15, 0.2) is 0 Å². The van der Waals surface area contributed by atoms with Crippen molar-refractivity contribution in [2.24, 2.45) is 0 Å². The molecular weight excluding hydrogens is 432 g/mol. The van der Waals surface area contributed by atoms with E-state index in [1.54, 1.807) is 12.1 Å². The molecule has 8 nitrogen and oxygen atoms in total. The Morgan fingerprint density at radius 2 is 1.62 bits per heavy atom. The van der Waals surface area contributed by atoms with E-state index in [0.29, 0.717) is 6.54 Å². The van der Waals surface area contributed by atoms with Gasteiger partial charge in [0.05, 0.1) is 11.5 Å². The smallest absolute Gasteiger partial charge is 0.317 e. The van der Waals surface area contributed by atoms with Gasteiger partial charge >= 0.3 is 5.97 Å². The Labute approximate surface area is 204 Å².